The standard InChI is InChI=1S/C16H13F2N3/c1-9-3-6-13(18)12(7-9)16-20-14-8-10(17)4-5-11(14)15(19-2)21-16/h3-8H,1-2H3,(H,19,20,21). The Morgan fingerprint density at radius 2 is 1.81 bits per heavy atom. The molecule has 0 fully saturated rings. The first-order chi connectivity index (χ1) is 10.1. The number of hydrogen-bond donors (Lipinski definition) is 1. The Kier molecular flexibility index (Phi) is 3.25. The number of nitrogens with one attached hydrogen (secondary N) is 1. The lowest BCUT2D eigenvalue weighted by atomic mass is 10.1. The van der Waals surface area contributed by atoms with Crippen LogP contribution in [0.2, 0.25) is 0 Å². The molecule has 0 aliphatic carbocycles. The molecule has 3 nitrogen and oxygen atoms in total. The highest BCUT2D eigenvalue weighted by atomic mass is 19.1. The van der Waals surface area contributed by atoms with Crippen LogP contribution in [0.5, 0.6) is 0 Å². The number of aryl methyl sites for hydroxylation is 1. The normalized spacial score (nSPS) is 10.9. The molecule has 0 saturated heterocycles. The molecule has 0 atom stereocenters. The molecule has 3 rings (SSSR count). The van der Waals surface area contributed by atoms with Crippen LogP contribution in [0.15, 0.2) is 36.4 Å². The highest BCUT2D eigenvalue weighted by Crippen LogP contribution is 2.27. The van der Waals surface area contributed by atoms with Crippen LogP contribution in [0.3, 0.4) is 0 Å². The molecule has 2 aromatic carbocycles. The van der Waals surface area contributed by atoms with E-state index < -0.39 is 5.82 Å². The molecule has 0 amide bonds. The average molecular weight is 285 g/mol. The van der Waals surface area contributed by atoms with E-state index in [1.165, 1.54) is 18.2 Å². The van der Waals surface area contributed by atoms with Gasteiger partial charge in [-0.05, 0) is 31.2 Å². The number of hydrogen-bond acceptors (Lipinski definition) is 3. The molecule has 0 spiro atoms. The lowest BCUT2D eigenvalue weighted by molar-refractivity contribution is 0.629. The van der Waals surface area contributed by atoms with Crippen molar-refractivity contribution in [2.75, 3.05) is 12.4 Å². The smallest absolute Gasteiger partial charge is 0.165 e. The summed E-state index contributed by atoms with van der Waals surface area (Å²) in [6.45, 7) is 1.86. The Morgan fingerprint density at radius 3 is 2.57 bits per heavy atom. The van der Waals surface area contributed by atoms with Gasteiger partial charge in [0.25, 0.3) is 0 Å². The predicted molar refractivity (Wildman–Crippen MR) is 79.2 cm³/mol. The van der Waals surface area contributed by atoms with Crippen molar-refractivity contribution in [3.8, 4) is 11.4 Å². The Balaban J connectivity index is 2.30. The first-order valence-electron chi connectivity index (χ1n) is 6.50. The molecule has 3 aromatic rings. The number of halogens is 2. The van der Waals surface area contributed by atoms with Gasteiger partial charge in [0.2, 0.25) is 0 Å². The summed E-state index contributed by atoms with van der Waals surface area (Å²) < 4.78 is 27.4. The molecular formula is C16H13F2N3. The maximum atomic E-state index is 14.0. The second-order valence-electron chi connectivity index (χ2n) is 4.79. The van der Waals surface area contributed by atoms with E-state index in [2.05, 4.69) is 15.3 Å². The third kappa shape index (κ3) is 2.42. The average Bonchev–Trinajstić information content (AvgIpc) is 2.48. The highest BCUT2D eigenvalue weighted by Gasteiger charge is 2.13. The predicted octanol–water partition coefficient (Wildman–Crippen LogP) is 3.93. The minimum Gasteiger partial charge on any atom is -0.373 e. The number of aromatic nitrogens is 2. The van der Waals surface area contributed by atoms with E-state index in [0.29, 0.717) is 22.3 Å². The van der Waals surface area contributed by atoms with Crippen molar-refractivity contribution in [3.63, 3.8) is 0 Å². The van der Waals surface area contributed by atoms with Crippen LogP contribution in [0.1, 0.15) is 5.56 Å². The maximum Gasteiger partial charge on any atom is 0.165 e. The summed E-state index contributed by atoms with van der Waals surface area (Å²) in [6.07, 6.45) is 0. The van der Waals surface area contributed by atoms with E-state index >= 15 is 0 Å². The number of rotatable bonds is 2. The van der Waals surface area contributed by atoms with E-state index in [4.69, 9.17) is 0 Å². The minimum atomic E-state index is -0.404. The number of anilines is 1. The summed E-state index contributed by atoms with van der Waals surface area (Å²) in [7, 11) is 1.71. The zero-order valence-electron chi connectivity index (χ0n) is 11.6. The van der Waals surface area contributed by atoms with Gasteiger partial charge in [0.1, 0.15) is 17.5 Å². The van der Waals surface area contributed by atoms with Gasteiger partial charge in [0.15, 0.2) is 5.82 Å². The zero-order valence-corrected chi connectivity index (χ0v) is 11.6. The van der Waals surface area contributed by atoms with Gasteiger partial charge in [-0.25, -0.2) is 18.7 Å². The van der Waals surface area contributed by atoms with Crippen molar-refractivity contribution in [2.24, 2.45) is 0 Å². The minimum absolute atomic E-state index is 0.235. The zero-order chi connectivity index (χ0) is 15.0. The molecule has 5 heteroatoms. The second-order valence-corrected chi connectivity index (χ2v) is 4.79. The first-order valence-corrected chi connectivity index (χ1v) is 6.50. The lowest BCUT2D eigenvalue weighted by Crippen LogP contribution is -2.00. The van der Waals surface area contributed by atoms with Gasteiger partial charge in [-0.1, -0.05) is 11.6 Å². The monoisotopic (exact) mass is 285 g/mol. The molecule has 0 aliphatic heterocycles. The van der Waals surface area contributed by atoms with Crippen LogP contribution in [0.25, 0.3) is 22.3 Å². The van der Waals surface area contributed by atoms with Gasteiger partial charge in [-0.15, -0.1) is 0 Å². The summed E-state index contributed by atoms with van der Waals surface area (Å²) in [4.78, 5) is 8.62. The Morgan fingerprint density at radius 1 is 1.00 bits per heavy atom. The largest absolute Gasteiger partial charge is 0.373 e. The molecular weight excluding hydrogens is 272 g/mol. The third-order valence-corrected chi connectivity index (χ3v) is 3.26. The van der Waals surface area contributed by atoms with Gasteiger partial charge in [-0.2, -0.15) is 0 Å². The molecule has 106 valence electrons. The van der Waals surface area contributed by atoms with Crippen molar-refractivity contribution in [2.45, 2.75) is 6.92 Å². The van der Waals surface area contributed by atoms with Crippen molar-refractivity contribution in [1.29, 1.82) is 0 Å². The molecule has 1 aromatic heterocycles. The molecule has 0 aliphatic rings. The quantitative estimate of drug-likeness (QED) is 0.775. The Bertz CT molecular complexity index is 831. The fourth-order valence-electron chi connectivity index (χ4n) is 2.22. The summed E-state index contributed by atoms with van der Waals surface area (Å²) in [5.74, 6) is -0.0214. The summed E-state index contributed by atoms with van der Waals surface area (Å²) >= 11 is 0. The Hall–Kier alpha value is -2.56. The topological polar surface area (TPSA) is 37.8 Å². The molecule has 0 unspecified atom stereocenters. The summed E-state index contributed by atoms with van der Waals surface area (Å²) in [5, 5.41) is 3.63. The van der Waals surface area contributed by atoms with Crippen molar-refractivity contribution < 1.29 is 8.78 Å². The van der Waals surface area contributed by atoms with Gasteiger partial charge >= 0.3 is 0 Å². The molecule has 0 radical (unpaired) electrons. The summed E-state index contributed by atoms with van der Waals surface area (Å²) in [6, 6.07) is 9.00. The molecule has 0 saturated carbocycles. The summed E-state index contributed by atoms with van der Waals surface area (Å²) in [5.41, 5.74) is 1.64. The van der Waals surface area contributed by atoms with Crippen LogP contribution in [0.4, 0.5) is 14.6 Å². The molecule has 1 heterocycles. The van der Waals surface area contributed by atoms with Gasteiger partial charge < -0.3 is 5.32 Å². The Labute approximate surface area is 120 Å². The molecule has 21 heavy (non-hydrogen) atoms. The van der Waals surface area contributed by atoms with E-state index in [-0.39, 0.29) is 11.6 Å². The van der Waals surface area contributed by atoms with Crippen molar-refractivity contribution in [3.05, 3.63) is 53.6 Å². The SMILES string of the molecule is CNc1nc(-c2cc(C)ccc2F)nc2cc(F)ccc12. The van der Waals surface area contributed by atoms with E-state index in [9.17, 15) is 8.78 Å². The maximum absolute atomic E-state index is 14.0. The molecule has 0 bridgehead atoms. The number of nitrogens with zero attached hydrogens (tertiary/aromatic N) is 2. The second kappa shape index (κ2) is 5.09. The van der Waals surface area contributed by atoms with Crippen LogP contribution < -0.4 is 5.32 Å². The van der Waals surface area contributed by atoms with Crippen molar-refractivity contribution >= 4 is 16.7 Å². The van der Waals surface area contributed by atoms with Crippen LogP contribution in [0, 0.1) is 18.6 Å². The first kappa shape index (κ1) is 13.4. The van der Waals surface area contributed by atoms with Crippen LogP contribution >= 0.6 is 0 Å². The van der Waals surface area contributed by atoms with Gasteiger partial charge in [0, 0.05) is 18.5 Å². The molecule has 1 N–H and O–H groups in total. The van der Waals surface area contributed by atoms with E-state index in [1.54, 1.807) is 25.2 Å². The van der Waals surface area contributed by atoms with Gasteiger partial charge in [-0.3, -0.25) is 0 Å². The van der Waals surface area contributed by atoms with E-state index in [0.717, 1.165) is 5.56 Å². The van der Waals surface area contributed by atoms with Crippen LogP contribution in [-0.2, 0) is 0 Å². The fraction of sp³-hybridized carbons (Fsp3) is 0.125. The van der Waals surface area contributed by atoms with Crippen LogP contribution in [-0.4, -0.2) is 17.0 Å². The van der Waals surface area contributed by atoms with E-state index in [1.807, 2.05) is 6.92 Å². The number of benzene rings is 2. The third-order valence-electron chi connectivity index (χ3n) is 3.26. The van der Waals surface area contributed by atoms with Gasteiger partial charge in [0.05, 0.1) is 11.1 Å². The van der Waals surface area contributed by atoms with Crippen molar-refractivity contribution in [1.82, 2.24) is 9.97 Å². The highest BCUT2D eigenvalue weighted by molar-refractivity contribution is 5.90. The number of fused-ring (bicyclic) bond motifs is 1. The fourth-order valence-corrected chi connectivity index (χ4v) is 2.22. The lowest BCUT2D eigenvalue weighted by Gasteiger charge is -2.09.